The molecule has 1 saturated carbocycles. The molecule has 1 aliphatic carbocycles. The van der Waals surface area contributed by atoms with Crippen molar-refractivity contribution < 1.29 is 4.79 Å². The lowest BCUT2D eigenvalue weighted by atomic mass is 9.85. The topological polar surface area (TPSA) is 32.7 Å². The Morgan fingerprint density at radius 2 is 1.49 bits per heavy atom. The van der Waals surface area contributed by atoms with Crippen LogP contribution in [0.4, 0.5) is 5.69 Å². The minimum absolute atomic E-state index is 0.0837. The number of amides is 1. The van der Waals surface area contributed by atoms with E-state index in [1.807, 2.05) is 35.2 Å². The maximum atomic E-state index is 14.0. The molecule has 3 nitrogen and oxygen atoms in total. The van der Waals surface area contributed by atoms with Gasteiger partial charge in [-0.3, -0.25) is 9.69 Å². The highest BCUT2D eigenvalue weighted by molar-refractivity contribution is 8.18. The van der Waals surface area contributed by atoms with E-state index in [0.717, 1.165) is 51.4 Å². The number of carbonyl (C=O) groups is 1. The smallest absolute Gasteiger partial charge is 0.267 e. The molecule has 174 valence electrons. The van der Waals surface area contributed by atoms with E-state index in [1.54, 1.807) is 0 Å². The van der Waals surface area contributed by atoms with Crippen LogP contribution in [-0.4, -0.2) is 22.0 Å². The predicted octanol–water partition coefficient (Wildman–Crippen LogP) is 8.18. The van der Waals surface area contributed by atoms with E-state index in [9.17, 15) is 4.79 Å². The molecule has 0 radical (unpaired) electrons. The first-order chi connectivity index (χ1) is 17.2. The van der Waals surface area contributed by atoms with Crippen LogP contribution >= 0.6 is 11.8 Å². The molecule has 1 amide bonds. The van der Waals surface area contributed by atoms with Crippen molar-refractivity contribution in [3.8, 4) is 0 Å². The molecule has 1 saturated heterocycles. The molecule has 6 rings (SSSR count). The van der Waals surface area contributed by atoms with Crippen LogP contribution in [0.15, 0.2) is 94.8 Å². The first-order valence-corrected chi connectivity index (χ1v) is 13.3. The van der Waals surface area contributed by atoms with Crippen molar-refractivity contribution in [1.82, 2.24) is 4.90 Å². The zero-order valence-corrected chi connectivity index (χ0v) is 20.7. The van der Waals surface area contributed by atoms with Crippen LogP contribution in [0.2, 0.25) is 0 Å². The first kappa shape index (κ1) is 22.1. The van der Waals surface area contributed by atoms with Crippen LogP contribution in [-0.2, 0) is 4.79 Å². The Bertz CT molecular complexity index is 1420. The molecule has 1 aliphatic heterocycles. The van der Waals surface area contributed by atoms with Crippen molar-refractivity contribution in [2.75, 3.05) is 0 Å². The van der Waals surface area contributed by atoms with Crippen LogP contribution in [0.5, 0.6) is 0 Å². The third-order valence-electron chi connectivity index (χ3n) is 7.30. The van der Waals surface area contributed by atoms with Gasteiger partial charge >= 0.3 is 0 Å². The Balaban J connectivity index is 1.51. The SMILES string of the molecule is C[C@H]1CCCC[C@@H]1N1C(=O)/C(=C/c2c3ccccc3cc3ccccc23)SC1=Nc1ccccc1. The molecule has 0 N–H and O–H groups in total. The van der Waals surface area contributed by atoms with E-state index < -0.39 is 0 Å². The lowest BCUT2D eigenvalue weighted by Gasteiger charge is -2.35. The van der Waals surface area contributed by atoms with Gasteiger partial charge in [0.25, 0.3) is 5.91 Å². The minimum atomic E-state index is 0.0837. The molecule has 1 heterocycles. The zero-order valence-electron chi connectivity index (χ0n) is 19.9. The summed E-state index contributed by atoms with van der Waals surface area (Å²) in [4.78, 5) is 21.7. The zero-order chi connectivity index (χ0) is 23.8. The maximum absolute atomic E-state index is 14.0. The Morgan fingerprint density at radius 3 is 2.17 bits per heavy atom. The number of amidine groups is 1. The first-order valence-electron chi connectivity index (χ1n) is 12.5. The summed E-state index contributed by atoms with van der Waals surface area (Å²) in [6, 6.07) is 29.3. The second kappa shape index (κ2) is 9.35. The van der Waals surface area contributed by atoms with Crippen molar-refractivity contribution >= 4 is 56.1 Å². The minimum Gasteiger partial charge on any atom is -0.283 e. The molecule has 4 aromatic carbocycles. The number of rotatable bonds is 3. The van der Waals surface area contributed by atoms with Crippen molar-refractivity contribution in [3.05, 3.63) is 95.4 Å². The number of nitrogens with zero attached hydrogens (tertiary/aromatic N) is 2. The van der Waals surface area contributed by atoms with E-state index in [0.29, 0.717) is 5.92 Å². The summed E-state index contributed by atoms with van der Waals surface area (Å²) in [5.74, 6) is 0.549. The van der Waals surface area contributed by atoms with Gasteiger partial charge in [0, 0.05) is 6.04 Å². The van der Waals surface area contributed by atoms with Gasteiger partial charge in [-0.1, -0.05) is 86.5 Å². The molecular weight excluding hydrogens is 448 g/mol. The number of fused-ring (bicyclic) bond motifs is 2. The van der Waals surface area contributed by atoms with Gasteiger partial charge in [-0.2, -0.15) is 0 Å². The fourth-order valence-corrected chi connectivity index (χ4v) is 6.51. The summed E-state index contributed by atoms with van der Waals surface area (Å²) in [7, 11) is 0. The summed E-state index contributed by atoms with van der Waals surface area (Å²) in [5.41, 5.74) is 1.99. The summed E-state index contributed by atoms with van der Waals surface area (Å²) in [6.07, 6.45) is 6.69. The van der Waals surface area contributed by atoms with E-state index in [2.05, 4.69) is 67.6 Å². The van der Waals surface area contributed by atoms with Crippen molar-refractivity contribution in [2.45, 2.75) is 38.6 Å². The quantitative estimate of drug-likeness (QED) is 0.221. The number of benzene rings is 4. The lowest BCUT2D eigenvalue weighted by Crippen LogP contribution is -2.44. The van der Waals surface area contributed by atoms with Crippen LogP contribution < -0.4 is 0 Å². The summed E-state index contributed by atoms with van der Waals surface area (Å²) < 4.78 is 0. The molecule has 2 aliphatic rings. The van der Waals surface area contributed by atoms with Crippen molar-refractivity contribution in [2.24, 2.45) is 10.9 Å². The number of hydrogen-bond donors (Lipinski definition) is 0. The standard InChI is InChI=1S/C31H28N2OS/c1-21-11-5-10-18-28(21)33-30(34)29(35-31(33)32-24-14-3-2-4-15-24)20-27-25-16-8-6-12-22(25)19-23-13-7-9-17-26(23)27/h2-4,6-9,12-17,19-21,28H,5,10-11,18H2,1H3/b29-20-,32-31?/t21-,28-/m0/s1. The number of carbonyl (C=O) groups excluding carboxylic acids is 1. The van der Waals surface area contributed by atoms with Crippen molar-refractivity contribution in [1.29, 1.82) is 0 Å². The number of thioether (sulfide) groups is 1. The fraction of sp³-hybridized carbons (Fsp3) is 0.226. The highest BCUT2D eigenvalue weighted by Gasteiger charge is 2.41. The largest absolute Gasteiger partial charge is 0.283 e. The van der Waals surface area contributed by atoms with Crippen LogP contribution in [0.25, 0.3) is 27.6 Å². The second-order valence-electron chi connectivity index (χ2n) is 9.58. The number of aliphatic imine (C=N–C) groups is 1. The van der Waals surface area contributed by atoms with Gasteiger partial charge in [0.2, 0.25) is 0 Å². The number of hydrogen-bond acceptors (Lipinski definition) is 3. The van der Waals surface area contributed by atoms with E-state index >= 15 is 0 Å². The maximum Gasteiger partial charge on any atom is 0.267 e. The van der Waals surface area contributed by atoms with E-state index in [4.69, 9.17) is 4.99 Å². The third kappa shape index (κ3) is 4.17. The average molecular weight is 477 g/mol. The molecule has 0 aromatic heterocycles. The summed E-state index contributed by atoms with van der Waals surface area (Å²) in [6.45, 7) is 2.28. The van der Waals surface area contributed by atoms with Crippen LogP contribution in [0.1, 0.15) is 38.2 Å². The summed E-state index contributed by atoms with van der Waals surface area (Å²) in [5, 5.41) is 5.50. The summed E-state index contributed by atoms with van der Waals surface area (Å²) >= 11 is 1.52. The molecule has 2 atom stereocenters. The Kier molecular flexibility index (Phi) is 5.91. The normalized spacial score (nSPS) is 23.1. The van der Waals surface area contributed by atoms with Gasteiger partial charge in [0.15, 0.2) is 5.17 Å². The molecule has 0 unspecified atom stereocenters. The predicted molar refractivity (Wildman–Crippen MR) is 149 cm³/mol. The van der Waals surface area contributed by atoms with E-state index in [1.165, 1.54) is 29.0 Å². The fourth-order valence-electron chi connectivity index (χ4n) is 5.49. The Hall–Kier alpha value is -3.37. The second-order valence-corrected chi connectivity index (χ2v) is 10.6. The van der Waals surface area contributed by atoms with Crippen LogP contribution in [0.3, 0.4) is 0 Å². The monoisotopic (exact) mass is 476 g/mol. The van der Waals surface area contributed by atoms with Gasteiger partial charge in [0.05, 0.1) is 10.6 Å². The Morgan fingerprint density at radius 1 is 0.857 bits per heavy atom. The molecular formula is C31H28N2OS. The highest BCUT2D eigenvalue weighted by Crippen LogP contribution is 2.41. The van der Waals surface area contributed by atoms with Gasteiger partial charge in [0.1, 0.15) is 0 Å². The molecule has 0 spiro atoms. The lowest BCUT2D eigenvalue weighted by molar-refractivity contribution is -0.124. The van der Waals surface area contributed by atoms with Gasteiger partial charge in [-0.05, 0) is 81.9 Å². The highest BCUT2D eigenvalue weighted by atomic mass is 32.2. The number of para-hydroxylation sites is 1. The third-order valence-corrected chi connectivity index (χ3v) is 8.29. The molecule has 4 aromatic rings. The van der Waals surface area contributed by atoms with Gasteiger partial charge < -0.3 is 0 Å². The van der Waals surface area contributed by atoms with Crippen LogP contribution in [0, 0.1) is 5.92 Å². The van der Waals surface area contributed by atoms with Gasteiger partial charge in [-0.25, -0.2) is 4.99 Å². The molecule has 35 heavy (non-hydrogen) atoms. The van der Waals surface area contributed by atoms with E-state index in [-0.39, 0.29) is 11.9 Å². The molecule has 2 fully saturated rings. The van der Waals surface area contributed by atoms with Gasteiger partial charge in [-0.15, -0.1) is 0 Å². The molecule has 4 heteroatoms. The Labute approximate surface area is 210 Å². The van der Waals surface area contributed by atoms with Crippen molar-refractivity contribution in [3.63, 3.8) is 0 Å². The molecule has 0 bridgehead atoms. The average Bonchev–Trinajstić information content (AvgIpc) is 3.19.